The zero-order chi connectivity index (χ0) is 14.7. The number of hydrogen-bond acceptors (Lipinski definition) is 3. The zero-order valence-electron chi connectivity index (χ0n) is 11.3. The van der Waals surface area contributed by atoms with Crippen molar-refractivity contribution in [3.8, 4) is 5.75 Å². The summed E-state index contributed by atoms with van der Waals surface area (Å²) in [6.45, 7) is 0.520. The molecule has 0 fully saturated rings. The van der Waals surface area contributed by atoms with Gasteiger partial charge in [-0.3, -0.25) is 0 Å². The van der Waals surface area contributed by atoms with Gasteiger partial charge in [-0.05, 0) is 30.3 Å². The number of halogens is 2. The van der Waals surface area contributed by atoms with E-state index in [9.17, 15) is 5.11 Å². The second kappa shape index (κ2) is 6.37. The van der Waals surface area contributed by atoms with Crippen LogP contribution in [0.1, 0.15) is 5.56 Å². The molecule has 0 aliphatic heterocycles. The van der Waals surface area contributed by atoms with E-state index in [0.29, 0.717) is 11.6 Å². The molecule has 0 unspecified atom stereocenters. The predicted molar refractivity (Wildman–Crippen MR) is 88.9 cm³/mol. The Kier molecular flexibility index (Phi) is 4.78. The van der Waals surface area contributed by atoms with E-state index in [-0.39, 0.29) is 5.75 Å². The summed E-state index contributed by atoms with van der Waals surface area (Å²) >= 11 is 9.63. The van der Waals surface area contributed by atoms with Gasteiger partial charge in [-0.2, -0.15) is 0 Å². The van der Waals surface area contributed by atoms with Gasteiger partial charge in [-0.15, -0.1) is 0 Å². The quantitative estimate of drug-likeness (QED) is 0.848. The van der Waals surface area contributed by atoms with Crippen LogP contribution in [0.3, 0.4) is 0 Å². The van der Waals surface area contributed by atoms with Gasteiger partial charge in [0.25, 0.3) is 0 Å². The van der Waals surface area contributed by atoms with Crippen LogP contribution in [0.5, 0.6) is 5.75 Å². The first-order chi connectivity index (χ1) is 9.49. The molecule has 3 nitrogen and oxygen atoms in total. The fourth-order valence-corrected chi connectivity index (χ4v) is 2.75. The van der Waals surface area contributed by atoms with E-state index in [4.69, 9.17) is 11.6 Å². The van der Waals surface area contributed by atoms with Crippen molar-refractivity contribution in [2.24, 2.45) is 0 Å². The van der Waals surface area contributed by atoms with Crippen LogP contribution in [0.15, 0.2) is 40.9 Å². The third kappa shape index (κ3) is 3.38. The number of phenolic OH excluding ortho intramolecular Hbond substituents is 1. The molecule has 0 saturated carbocycles. The van der Waals surface area contributed by atoms with Crippen molar-refractivity contribution in [3.05, 3.63) is 51.5 Å². The minimum absolute atomic E-state index is 0.272. The molecule has 20 heavy (non-hydrogen) atoms. The Morgan fingerprint density at radius 1 is 1.25 bits per heavy atom. The first-order valence-electron chi connectivity index (χ1n) is 6.16. The molecule has 5 heteroatoms. The summed E-state index contributed by atoms with van der Waals surface area (Å²) in [6.07, 6.45) is 0. The lowest BCUT2D eigenvalue weighted by Crippen LogP contribution is -2.12. The summed E-state index contributed by atoms with van der Waals surface area (Å²) in [4.78, 5) is 1.96. The minimum atomic E-state index is 0.272. The third-order valence-electron chi connectivity index (χ3n) is 2.94. The van der Waals surface area contributed by atoms with E-state index in [1.54, 1.807) is 6.07 Å². The maximum atomic E-state index is 9.85. The lowest BCUT2D eigenvalue weighted by Gasteiger charge is -2.20. The average Bonchev–Trinajstić information content (AvgIpc) is 2.39. The first-order valence-corrected chi connectivity index (χ1v) is 7.33. The minimum Gasteiger partial charge on any atom is -0.508 e. The molecule has 0 amide bonds. The molecule has 2 aromatic rings. The van der Waals surface area contributed by atoms with Crippen molar-refractivity contribution in [2.75, 3.05) is 24.3 Å². The maximum absolute atomic E-state index is 9.85. The number of anilines is 2. The van der Waals surface area contributed by atoms with E-state index in [0.717, 1.165) is 21.4 Å². The molecule has 0 aromatic heterocycles. The number of nitrogens with zero attached hydrogens (tertiary/aromatic N) is 1. The summed E-state index contributed by atoms with van der Waals surface area (Å²) in [6, 6.07) is 11.1. The van der Waals surface area contributed by atoms with Crippen LogP contribution < -0.4 is 10.2 Å². The van der Waals surface area contributed by atoms with E-state index >= 15 is 0 Å². The van der Waals surface area contributed by atoms with E-state index < -0.39 is 0 Å². The van der Waals surface area contributed by atoms with Crippen LogP contribution in [0, 0.1) is 0 Å². The molecule has 0 bridgehead atoms. The Labute approximate surface area is 132 Å². The van der Waals surface area contributed by atoms with Crippen LogP contribution in [-0.2, 0) is 6.54 Å². The second-order valence-corrected chi connectivity index (χ2v) is 5.98. The molecular weight excluding hydrogens is 340 g/mol. The summed E-state index contributed by atoms with van der Waals surface area (Å²) < 4.78 is 0.936. The lowest BCUT2D eigenvalue weighted by molar-refractivity contribution is 0.469. The Morgan fingerprint density at radius 3 is 2.70 bits per heavy atom. The molecule has 0 radical (unpaired) electrons. The SMILES string of the molecule is CN(C)c1c(Cl)cccc1NCc1cc(Br)ccc1O. The molecular formula is C15H16BrClN2O. The van der Waals surface area contributed by atoms with E-state index in [1.807, 2.05) is 49.3 Å². The smallest absolute Gasteiger partial charge is 0.120 e. The molecule has 2 rings (SSSR count). The molecule has 106 valence electrons. The summed E-state index contributed by atoms with van der Waals surface area (Å²) in [5, 5.41) is 13.9. The Bertz CT molecular complexity index is 617. The van der Waals surface area contributed by atoms with Crippen molar-refractivity contribution >= 4 is 38.9 Å². The summed E-state index contributed by atoms with van der Waals surface area (Å²) in [5.41, 5.74) is 2.69. The van der Waals surface area contributed by atoms with Crippen molar-refractivity contribution in [1.29, 1.82) is 0 Å². The van der Waals surface area contributed by atoms with Crippen LogP contribution in [0.4, 0.5) is 11.4 Å². The van der Waals surface area contributed by atoms with Gasteiger partial charge in [0, 0.05) is 30.7 Å². The van der Waals surface area contributed by atoms with Gasteiger partial charge in [0.2, 0.25) is 0 Å². The highest BCUT2D eigenvalue weighted by Crippen LogP contribution is 2.33. The highest BCUT2D eigenvalue weighted by atomic mass is 79.9. The Hall–Kier alpha value is -1.39. The number of phenols is 1. The fraction of sp³-hybridized carbons (Fsp3) is 0.200. The average molecular weight is 356 g/mol. The summed E-state index contributed by atoms with van der Waals surface area (Å²) in [5.74, 6) is 0.272. The Morgan fingerprint density at radius 2 is 2.00 bits per heavy atom. The molecule has 0 aliphatic carbocycles. The van der Waals surface area contributed by atoms with Crippen LogP contribution in [0.2, 0.25) is 5.02 Å². The van der Waals surface area contributed by atoms with E-state index in [2.05, 4.69) is 21.2 Å². The van der Waals surface area contributed by atoms with Crippen molar-refractivity contribution < 1.29 is 5.11 Å². The number of nitrogens with one attached hydrogen (secondary N) is 1. The van der Waals surface area contributed by atoms with Gasteiger partial charge in [-0.1, -0.05) is 33.6 Å². The number of aromatic hydroxyl groups is 1. The topological polar surface area (TPSA) is 35.5 Å². The lowest BCUT2D eigenvalue weighted by atomic mass is 10.2. The van der Waals surface area contributed by atoms with Gasteiger partial charge < -0.3 is 15.3 Å². The van der Waals surface area contributed by atoms with Gasteiger partial charge in [0.1, 0.15) is 5.75 Å². The third-order valence-corrected chi connectivity index (χ3v) is 3.74. The maximum Gasteiger partial charge on any atom is 0.120 e. The normalized spacial score (nSPS) is 10.4. The second-order valence-electron chi connectivity index (χ2n) is 4.66. The van der Waals surface area contributed by atoms with Gasteiger partial charge in [0.05, 0.1) is 16.4 Å². The monoisotopic (exact) mass is 354 g/mol. The van der Waals surface area contributed by atoms with Crippen molar-refractivity contribution in [2.45, 2.75) is 6.54 Å². The predicted octanol–water partition coefficient (Wildman–Crippen LogP) is 4.49. The Balaban J connectivity index is 2.23. The number of benzene rings is 2. The summed E-state index contributed by atoms with van der Waals surface area (Å²) in [7, 11) is 3.89. The number of rotatable bonds is 4. The largest absolute Gasteiger partial charge is 0.508 e. The highest BCUT2D eigenvalue weighted by molar-refractivity contribution is 9.10. The van der Waals surface area contributed by atoms with Crippen molar-refractivity contribution in [1.82, 2.24) is 0 Å². The van der Waals surface area contributed by atoms with Crippen LogP contribution in [-0.4, -0.2) is 19.2 Å². The zero-order valence-corrected chi connectivity index (χ0v) is 13.7. The molecule has 0 spiro atoms. The highest BCUT2D eigenvalue weighted by Gasteiger charge is 2.09. The van der Waals surface area contributed by atoms with Gasteiger partial charge >= 0.3 is 0 Å². The molecule has 0 heterocycles. The van der Waals surface area contributed by atoms with E-state index in [1.165, 1.54) is 0 Å². The standard InChI is InChI=1S/C15H16BrClN2O/c1-19(2)15-12(17)4-3-5-13(15)18-9-10-8-11(16)6-7-14(10)20/h3-8,18,20H,9H2,1-2H3. The first kappa shape index (κ1) is 15.0. The number of para-hydroxylation sites is 1. The van der Waals surface area contributed by atoms with Gasteiger partial charge in [0.15, 0.2) is 0 Å². The molecule has 2 N–H and O–H groups in total. The molecule has 0 atom stereocenters. The molecule has 2 aromatic carbocycles. The van der Waals surface area contributed by atoms with Crippen LogP contribution in [0.25, 0.3) is 0 Å². The fourth-order valence-electron chi connectivity index (χ4n) is 2.00. The number of hydrogen-bond donors (Lipinski definition) is 2. The van der Waals surface area contributed by atoms with Gasteiger partial charge in [-0.25, -0.2) is 0 Å². The molecule has 0 aliphatic rings. The van der Waals surface area contributed by atoms with Crippen molar-refractivity contribution in [3.63, 3.8) is 0 Å². The van der Waals surface area contributed by atoms with Crippen LogP contribution >= 0.6 is 27.5 Å². The molecule has 0 saturated heterocycles.